The molecular formula is C13H24O3. The van der Waals surface area contributed by atoms with Crippen molar-refractivity contribution in [3.05, 3.63) is 0 Å². The Bertz CT molecular complexity index is 212. The van der Waals surface area contributed by atoms with Crippen molar-refractivity contribution in [2.75, 3.05) is 39.6 Å². The molecule has 0 aliphatic carbocycles. The zero-order valence-corrected chi connectivity index (χ0v) is 10.6. The first kappa shape index (κ1) is 12.3. The Morgan fingerprint density at radius 2 is 1.56 bits per heavy atom. The van der Waals surface area contributed by atoms with E-state index in [9.17, 15) is 0 Å². The first-order chi connectivity index (χ1) is 7.74. The third-order valence-corrected chi connectivity index (χ3v) is 4.32. The summed E-state index contributed by atoms with van der Waals surface area (Å²) in [5, 5.41) is 0. The Morgan fingerprint density at radius 3 is 2.00 bits per heavy atom. The smallest absolute Gasteiger partial charge is 0.0566 e. The Kier molecular flexibility index (Phi) is 3.88. The van der Waals surface area contributed by atoms with Crippen LogP contribution in [-0.2, 0) is 14.2 Å². The molecule has 3 nitrogen and oxygen atoms in total. The van der Waals surface area contributed by atoms with Crippen LogP contribution in [0.4, 0.5) is 0 Å². The molecule has 0 aromatic carbocycles. The van der Waals surface area contributed by atoms with E-state index < -0.39 is 0 Å². The lowest BCUT2D eigenvalue weighted by Gasteiger charge is -2.41. The van der Waals surface area contributed by atoms with Gasteiger partial charge >= 0.3 is 0 Å². The zero-order chi connectivity index (χ0) is 11.5. The molecule has 0 aromatic heterocycles. The lowest BCUT2D eigenvalue weighted by atomic mass is 9.83. The third kappa shape index (κ3) is 2.41. The lowest BCUT2D eigenvalue weighted by molar-refractivity contribution is -0.157. The van der Waals surface area contributed by atoms with Crippen LogP contribution in [0.1, 0.15) is 33.1 Å². The van der Waals surface area contributed by atoms with E-state index in [1.54, 1.807) is 0 Å². The van der Waals surface area contributed by atoms with Crippen LogP contribution in [0.15, 0.2) is 0 Å². The third-order valence-electron chi connectivity index (χ3n) is 4.32. The SMILES string of the molecule is CCC1(COCC2(CC)COC2)CCOC1. The Balaban J connectivity index is 1.74. The standard InChI is InChI=1S/C13H24O3/c1-3-12(5-6-14-7-12)8-15-9-13(4-2)10-16-11-13/h3-11H2,1-2H3. The summed E-state index contributed by atoms with van der Waals surface area (Å²) in [5.74, 6) is 0. The average Bonchev–Trinajstić information content (AvgIpc) is 2.72. The van der Waals surface area contributed by atoms with Crippen molar-refractivity contribution in [1.29, 1.82) is 0 Å². The van der Waals surface area contributed by atoms with Crippen LogP contribution in [0.5, 0.6) is 0 Å². The van der Waals surface area contributed by atoms with Gasteiger partial charge in [-0.25, -0.2) is 0 Å². The molecule has 0 bridgehead atoms. The Labute approximate surface area is 98.4 Å². The van der Waals surface area contributed by atoms with E-state index in [2.05, 4.69) is 13.8 Å². The number of hydrogen-bond donors (Lipinski definition) is 0. The van der Waals surface area contributed by atoms with Gasteiger partial charge in [0.15, 0.2) is 0 Å². The monoisotopic (exact) mass is 228 g/mol. The van der Waals surface area contributed by atoms with Crippen LogP contribution in [0, 0.1) is 10.8 Å². The van der Waals surface area contributed by atoms with Gasteiger partial charge in [-0.05, 0) is 19.3 Å². The van der Waals surface area contributed by atoms with Crippen LogP contribution in [0.2, 0.25) is 0 Å². The Morgan fingerprint density at radius 1 is 0.938 bits per heavy atom. The van der Waals surface area contributed by atoms with Gasteiger partial charge in [-0.3, -0.25) is 0 Å². The van der Waals surface area contributed by atoms with Crippen LogP contribution in [0.3, 0.4) is 0 Å². The quantitative estimate of drug-likeness (QED) is 0.698. The van der Waals surface area contributed by atoms with E-state index in [4.69, 9.17) is 14.2 Å². The molecule has 1 unspecified atom stereocenters. The molecule has 1 atom stereocenters. The van der Waals surface area contributed by atoms with Gasteiger partial charge in [-0.2, -0.15) is 0 Å². The minimum atomic E-state index is 0.291. The fraction of sp³-hybridized carbons (Fsp3) is 1.00. The molecule has 2 rings (SSSR count). The highest BCUT2D eigenvalue weighted by atomic mass is 16.5. The molecule has 94 valence electrons. The fourth-order valence-electron chi connectivity index (χ4n) is 2.41. The molecule has 3 heteroatoms. The molecule has 0 amide bonds. The van der Waals surface area contributed by atoms with Crippen molar-refractivity contribution in [1.82, 2.24) is 0 Å². The van der Waals surface area contributed by atoms with Gasteiger partial charge in [0, 0.05) is 17.4 Å². The minimum Gasteiger partial charge on any atom is -0.381 e. The van der Waals surface area contributed by atoms with Crippen molar-refractivity contribution in [2.45, 2.75) is 33.1 Å². The summed E-state index contributed by atoms with van der Waals surface area (Å²) in [6, 6.07) is 0. The maximum Gasteiger partial charge on any atom is 0.0566 e. The second-order valence-electron chi connectivity index (χ2n) is 5.50. The minimum absolute atomic E-state index is 0.291. The molecule has 2 aliphatic rings. The summed E-state index contributed by atoms with van der Waals surface area (Å²) in [7, 11) is 0. The Hall–Kier alpha value is -0.120. The second kappa shape index (κ2) is 5.03. The molecule has 2 saturated heterocycles. The van der Waals surface area contributed by atoms with E-state index in [-0.39, 0.29) is 0 Å². The van der Waals surface area contributed by atoms with Gasteiger partial charge in [0.25, 0.3) is 0 Å². The maximum atomic E-state index is 5.95. The number of ether oxygens (including phenoxy) is 3. The van der Waals surface area contributed by atoms with Crippen LogP contribution >= 0.6 is 0 Å². The van der Waals surface area contributed by atoms with E-state index in [0.717, 1.165) is 58.9 Å². The predicted octanol–water partition coefficient (Wildman–Crippen LogP) is 2.25. The maximum absolute atomic E-state index is 5.95. The molecule has 0 aromatic rings. The first-order valence-electron chi connectivity index (χ1n) is 6.47. The van der Waals surface area contributed by atoms with E-state index in [1.165, 1.54) is 0 Å². The van der Waals surface area contributed by atoms with Gasteiger partial charge in [0.1, 0.15) is 0 Å². The summed E-state index contributed by atoms with van der Waals surface area (Å²) in [6.45, 7) is 9.69. The lowest BCUT2D eigenvalue weighted by Crippen LogP contribution is -2.46. The number of rotatable bonds is 6. The normalized spacial score (nSPS) is 32.6. The molecule has 0 radical (unpaired) electrons. The van der Waals surface area contributed by atoms with Crippen molar-refractivity contribution >= 4 is 0 Å². The van der Waals surface area contributed by atoms with Crippen LogP contribution < -0.4 is 0 Å². The predicted molar refractivity (Wildman–Crippen MR) is 62.5 cm³/mol. The van der Waals surface area contributed by atoms with E-state index in [1.807, 2.05) is 0 Å². The summed E-state index contributed by atoms with van der Waals surface area (Å²) in [4.78, 5) is 0. The molecule has 0 N–H and O–H groups in total. The van der Waals surface area contributed by atoms with Crippen molar-refractivity contribution in [2.24, 2.45) is 10.8 Å². The molecule has 0 spiro atoms. The topological polar surface area (TPSA) is 27.7 Å². The molecule has 2 aliphatic heterocycles. The highest BCUT2D eigenvalue weighted by molar-refractivity contribution is 4.86. The van der Waals surface area contributed by atoms with Gasteiger partial charge in [0.05, 0.1) is 33.0 Å². The summed E-state index contributed by atoms with van der Waals surface area (Å²) < 4.78 is 16.7. The zero-order valence-electron chi connectivity index (χ0n) is 10.6. The molecule has 2 fully saturated rings. The first-order valence-corrected chi connectivity index (χ1v) is 6.47. The van der Waals surface area contributed by atoms with Crippen molar-refractivity contribution in [3.63, 3.8) is 0 Å². The second-order valence-corrected chi connectivity index (χ2v) is 5.50. The molecular weight excluding hydrogens is 204 g/mol. The fourth-order valence-corrected chi connectivity index (χ4v) is 2.41. The molecule has 0 saturated carbocycles. The van der Waals surface area contributed by atoms with Crippen LogP contribution in [0.25, 0.3) is 0 Å². The van der Waals surface area contributed by atoms with Gasteiger partial charge < -0.3 is 14.2 Å². The molecule has 16 heavy (non-hydrogen) atoms. The van der Waals surface area contributed by atoms with Crippen molar-refractivity contribution in [3.8, 4) is 0 Å². The average molecular weight is 228 g/mol. The van der Waals surface area contributed by atoms with Crippen LogP contribution in [-0.4, -0.2) is 39.6 Å². The van der Waals surface area contributed by atoms with Gasteiger partial charge in [-0.1, -0.05) is 13.8 Å². The van der Waals surface area contributed by atoms with Gasteiger partial charge in [0.2, 0.25) is 0 Å². The largest absolute Gasteiger partial charge is 0.381 e. The summed E-state index contributed by atoms with van der Waals surface area (Å²) in [6.07, 6.45) is 3.46. The number of hydrogen-bond acceptors (Lipinski definition) is 3. The molecule has 2 heterocycles. The summed E-state index contributed by atoms with van der Waals surface area (Å²) in [5.41, 5.74) is 0.605. The van der Waals surface area contributed by atoms with E-state index >= 15 is 0 Å². The highest BCUT2D eigenvalue weighted by Gasteiger charge is 2.39. The van der Waals surface area contributed by atoms with Crippen molar-refractivity contribution < 1.29 is 14.2 Å². The summed E-state index contributed by atoms with van der Waals surface area (Å²) >= 11 is 0. The van der Waals surface area contributed by atoms with Gasteiger partial charge in [-0.15, -0.1) is 0 Å². The van der Waals surface area contributed by atoms with E-state index in [0.29, 0.717) is 10.8 Å². The highest BCUT2D eigenvalue weighted by Crippen LogP contribution is 2.35.